The van der Waals surface area contributed by atoms with E-state index in [9.17, 15) is 0 Å². The number of anilines is 2. The Morgan fingerprint density at radius 2 is 1.93 bits per heavy atom. The second-order valence-corrected chi connectivity index (χ2v) is 7.03. The monoisotopic (exact) mass is 378 g/mol. The van der Waals surface area contributed by atoms with E-state index in [0.29, 0.717) is 35.6 Å². The predicted molar refractivity (Wildman–Crippen MR) is 112 cm³/mol. The van der Waals surface area contributed by atoms with E-state index >= 15 is 0 Å². The SMILES string of the molecule is C=C(C)/C=C\C(P)=CC(C)c1nc(Nc2ccncc2)c2c(n1)=NCCN=2. The van der Waals surface area contributed by atoms with Gasteiger partial charge in [0.05, 0.1) is 13.1 Å². The predicted octanol–water partition coefficient (Wildman–Crippen LogP) is 2.86. The van der Waals surface area contributed by atoms with Crippen molar-refractivity contribution in [2.75, 3.05) is 18.4 Å². The molecule has 0 fully saturated rings. The molecular formula is C20H23N6P. The quantitative estimate of drug-likeness (QED) is 0.620. The van der Waals surface area contributed by atoms with Crippen molar-refractivity contribution in [2.24, 2.45) is 9.98 Å². The van der Waals surface area contributed by atoms with Crippen LogP contribution >= 0.6 is 9.24 Å². The van der Waals surface area contributed by atoms with E-state index in [1.54, 1.807) is 12.4 Å². The third kappa shape index (κ3) is 5.14. The van der Waals surface area contributed by atoms with Crippen LogP contribution in [0, 0.1) is 0 Å². The summed E-state index contributed by atoms with van der Waals surface area (Å²) in [5.74, 6) is 1.40. The van der Waals surface area contributed by atoms with Gasteiger partial charge in [-0.1, -0.05) is 37.3 Å². The molecule has 0 aliphatic carbocycles. The molecule has 2 aromatic heterocycles. The molecule has 1 N–H and O–H groups in total. The van der Waals surface area contributed by atoms with Crippen molar-refractivity contribution in [2.45, 2.75) is 19.8 Å². The molecule has 3 rings (SSSR count). The Balaban J connectivity index is 1.98. The van der Waals surface area contributed by atoms with Gasteiger partial charge in [0.25, 0.3) is 0 Å². The molecule has 0 saturated heterocycles. The van der Waals surface area contributed by atoms with Crippen LogP contribution in [0.2, 0.25) is 0 Å². The standard InChI is InChI=1S/C20H23N6P/c1-13(2)4-5-16(27)12-14(3)18-25-19-17(22-10-11-23-19)20(26-18)24-15-6-8-21-9-7-15/h4-9,12,14H,1,10-11,27H2,2-3H3,(H,21,23,24,25,26)/b5-4-,16-12?. The van der Waals surface area contributed by atoms with E-state index in [-0.39, 0.29) is 5.92 Å². The highest BCUT2D eigenvalue weighted by Crippen LogP contribution is 2.19. The van der Waals surface area contributed by atoms with Crippen LogP contribution in [0.4, 0.5) is 11.5 Å². The lowest BCUT2D eigenvalue weighted by Crippen LogP contribution is -2.37. The zero-order valence-corrected chi connectivity index (χ0v) is 16.7. The molecule has 0 radical (unpaired) electrons. The summed E-state index contributed by atoms with van der Waals surface area (Å²) in [5.41, 5.74) is 2.55. The minimum atomic E-state index is 0.0210. The molecule has 7 heteroatoms. The largest absolute Gasteiger partial charge is 0.338 e. The third-order valence-corrected chi connectivity index (χ3v) is 4.25. The Labute approximate surface area is 161 Å². The maximum Gasteiger partial charge on any atom is 0.178 e. The molecule has 0 spiro atoms. The first-order chi connectivity index (χ1) is 13.0. The molecule has 2 unspecified atom stereocenters. The Kier molecular flexibility index (Phi) is 6.20. The van der Waals surface area contributed by atoms with E-state index in [4.69, 9.17) is 4.98 Å². The molecular weight excluding hydrogens is 355 g/mol. The molecule has 0 bridgehead atoms. The minimum Gasteiger partial charge on any atom is -0.338 e. The third-order valence-electron chi connectivity index (χ3n) is 3.87. The van der Waals surface area contributed by atoms with Crippen LogP contribution in [-0.4, -0.2) is 28.0 Å². The Morgan fingerprint density at radius 3 is 2.67 bits per heavy atom. The van der Waals surface area contributed by atoms with Crippen LogP contribution in [0.25, 0.3) is 0 Å². The topological polar surface area (TPSA) is 75.4 Å². The Morgan fingerprint density at radius 1 is 1.19 bits per heavy atom. The average Bonchev–Trinajstić information content (AvgIpc) is 2.67. The molecule has 138 valence electrons. The van der Waals surface area contributed by atoms with Crippen LogP contribution in [-0.2, 0) is 0 Å². The fourth-order valence-electron chi connectivity index (χ4n) is 2.55. The number of allylic oxidation sites excluding steroid dienone is 5. The van der Waals surface area contributed by atoms with E-state index in [1.165, 1.54) is 0 Å². The van der Waals surface area contributed by atoms with Crippen molar-refractivity contribution in [3.8, 4) is 0 Å². The highest BCUT2D eigenvalue weighted by molar-refractivity contribution is 7.22. The van der Waals surface area contributed by atoms with Crippen molar-refractivity contribution in [1.29, 1.82) is 0 Å². The van der Waals surface area contributed by atoms with E-state index in [0.717, 1.165) is 16.6 Å². The van der Waals surface area contributed by atoms with E-state index in [1.807, 2.05) is 31.2 Å². The summed E-state index contributed by atoms with van der Waals surface area (Å²) < 4.78 is 0. The number of hydrogen-bond acceptors (Lipinski definition) is 6. The lowest BCUT2D eigenvalue weighted by Gasteiger charge is -2.12. The second-order valence-electron chi connectivity index (χ2n) is 6.36. The number of rotatable bonds is 6. The summed E-state index contributed by atoms with van der Waals surface area (Å²) in [5, 5.41) is 5.09. The van der Waals surface area contributed by atoms with Gasteiger partial charge < -0.3 is 5.32 Å². The maximum absolute atomic E-state index is 4.74. The lowest BCUT2D eigenvalue weighted by atomic mass is 10.1. The van der Waals surface area contributed by atoms with Gasteiger partial charge in [-0.3, -0.25) is 15.0 Å². The molecule has 1 aliphatic heterocycles. The Hall–Kier alpha value is -2.72. The van der Waals surface area contributed by atoms with Crippen molar-refractivity contribution in [1.82, 2.24) is 15.0 Å². The minimum absolute atomic E-state index is 0.0210. The molecule has 6 nitrogen and oxygen atoms in total. The van der Waals surface area contributed by atoms with Crippen molar-refractivity contribution < 1.29 is 0 Å². The first-order valence-corrected chi connectivity index (χ1v) is 9.35. The zero-order chi connectivity index (χ0) is 19.2. The first kappa shape index (κ1) is 19.1. The zero-order valence-electron chi connectivity index (χ0n) is 15.6. The molecule has 0 aromatic carbocycles. The Bertz CT molecular complexity index is 1010. The van der Waals surface area contributed by atoms with Gasteiger partial charge in [-0.15, -0.1) is 9.24 Å². The average molecular weight is 378 g/mol. The number of nitrogens with one attached hydrogen (secondary N) is 1. The van der Waals surface area contributed by atoms with Gasteiger partial charge in [-0.25, -0.2) is 9.97 Å². The molecule has 2 aromatic rings. The lowest BCUT2D eigenvalue weighted by molar-refractivity contribution is 0.768. The molecule has 1 aliphatic rings. The normalized spacial score (nSPS) is 14.9. The summed E-state index contributed by atoms with van der Waals surface area (Å²) >= 11 is 0. The fraction of sp³-hybridized carbons (Fsp3) is 0.250. The van der Waals surface area contributed by atoms with Crippen molar-refractivity contribution in [3.63, 3.8) is 0 Å². The van der Waals surface area contributed by atoms with Gasteiger partial charge in [-0.2, -0.15) is 0 Å². The summed E-state index contributed by atoms with van der Waals surface area (Å²) in [6, 6.07) is 3.78. The number of nitrogens with zero attached hydrogens (tertiary/aromatic N) is 5. The molecule has 0 amide bonds. The number of fused-ring (bicyclic) bond motifs is 1. The van der Waals surface area contributed by atoms with Crippen LogP contribution in [0.15, 0.2) is 70.2 Å². The van der Waals surface area contributed by atoms with Crippen LogP contribution in [0.5, 0.6) is 0 Å². The summed E-state index contributed by atoms with van der Waals surface area (Å²) in [6.45, 7) is 9.21. The van der Waals surface area contributed by atoms with Gasteiger partial charge in [0.15, 0.2) is 11.3 Å². The second kappa shape index (κ2) is 8.78. The number of hydrogen-bond donors (Lipinski definition) is 1. The maximum atomic E-state index is 4.74. The molecule has 27 heavy (non-hydrogen) atoms. The van der Waals surface area contributed by atoms with E-state index < -0.39 is 0 Å². The van der Waals surface area contributed by atoms with Gasteiger partial charge in [0.2, 0.25) is 0 Å². The van der Waals surface area contributed by atoms with Crippen LogP contribution in [0.3, 0.4) is 0 Å². The van der Waals surface area contributed by atoms with Crippen LogP contribution in [0.1, 0.15) is 25.6 Å². The number of pyridine rings is 1. The van der Waals surface area contributed by atoms with Gasteiger partial charge in [0, 0.05) is 24.0 Å². The smallest absolute Gasteiger partial charge is 0.178 e. The van der Waals surface area contributed by atoms with Crippen LogP contribution < -0.4 is 16.2 Å². The van der Waals surface area contributed by atoms with Gasteiger partial charge in [0.1, 0.15) is 11.2 Å². The molecule has 3 heterocycles. The molecule has 2 atom stereocenters. The number of aromatic nitrogens is 3. The summed E-state index contributed by atoms with van der Waals surface area (Å²) in [4.78, 5) is 22.5. The van der Waals surface area contributed by atoms with Gasteiger partial charge >= 0.3 is 0 Å². The molecule has 0 saturated carbocycles. The highest BCUT2D eigenvalue weighted by Gasteiger charge is 2.13. The first-order valence-electron chi connectivity index (χ1n) is 8.78. The highest BCUT2D eigenvalue weighted by atomic mass is 31.0. The van der Waals surface area contributed by atoms with E-state index in [2.05, 4.69) is 54.1 Å². The van der Waals surface area contributed by atoms with Crippen molar-refractivity contribution >= 4 is 20.7 Å². The summed E-state index contributed by atoms with van der Waals surface area (Å²) in [6.07, 6.45) is 9.56. The fourth-order valence-corrected chi connectivity index (χ4v) is 2.94. The van der Waals surface area contributed by atoms with Gasteiger partial charge in [-0.05, 0) is 24.4 Å². The summed E-state index contributed by atoms with van der Waals surface area (Å²) in [7, 11) is 2.73. The van der Waals surface area contributed by atoms with Crippen molar-refractivity contribution in [3.05, 3.63) is 76.9 Å².